The molecule has 0 N–H and O–H groups in total. The van der Waals surface area contributed by atoms with Gasteiger partial charge in [-0.3, -0.25) is 4.79 Å². The minimum Gasteiger partial charge on any atom is -0.399 e. The van der Waals surface area contributed by atoms with Gasteiger partial charge in [-0.2, -0.15) is 5.26 Å². The van der Waals surface area contributed by atoms with Crippen LogP contribution in [0.5, 0.6) is 0 Å². The number of carbonyl (C=O) groups excluding carboxylic acids is 1. The van der Waals surface area contributed by atoms with Crippen LogP contribution in [0.4, 0.5) is 10.1 Å². The predicted molar refractivity (Wildman–Crippen MR) is 158 cm³/mol. The van der Waals surface area contributed by atoms with E-state index >= 15 is 0 Å². The molecular weight excluding hydrogens is 514 g/mol. The maximum atomic E-state index is 13.9. The Morgan fingerprint density at radius 2 is 1.46 bits per heavy atom. The Morgan fingerprint density at radius 3 is 2.00 bits per heavy atom. The molecule has 7 heteroatoms. The maximum absolute atomic E-state index is 13.9. The van der Waals surface area contributed by atoms with Crippen LogP contribution in [0.15, 0.2) is 72.8 Å². The quantitative estimate of drug-likeness (QED) is 0.246. The molecule has 1 amide bonds. The van der Waals surface area contributed by atoms with E-state index in [1.165, 1.54) is 12.1 Å². The molecule has 0 radical (unpaired) electrons. The van der Waals surface area contributed by atoms with E-state index in [2.05, 4.69) is 25.1 Å². The van der Waals surface area contributed by atoms with E-state index < -0.39 is 23.7 Å². The Morgan fingerprint density at radius 1 is 0.878 bits per heavy atom. The number of nitrogens with zero attached hydrogens (tertiary/aromatic N) is 2. The molecular formula is C34H36BFN2O3. The zero-order valence-electron chi connectivity index (χ0n) is 24.4. The van der Waals surface area contributed by atoms with Gasteiger partial charge < -0.3 is 14.2 Å². The van der Waals surface area contributed by atoms with Gasteiger partial charge in [0.2, 0.25) is 5.91 Å². The van der Waals surface area contributed by atoms with Gasteiger partial charge in [0.15, 0.2) is 0 Å². The highest BCUT2D eigenvalue weighted by Crippen LogP contribution is 2.59. The average Bonchev–Trinajstić information content (AvgIpc) is 3.71. The third-order valence-corrected chi connectivity index (χ3v) is 10.1. The summed E-state index contributed by atoms with van der Waals surface area (Å²) in [7, 11) is -0.455. The number of anilines is 1. The molecule has 6 rings (SSSR count). The maximum Gasteiger partial charge on any atom is 0.494 e. The first-order valence-electron chi connectivity index (χ1n) is 14.4. The molecule has 0 bridgehead atoms. The van der Waals surface area contributed by atoms with Crippen LogP contribution in [0, 0.1) is 22.6 Å². The number of benzene rings is 3. The normalized spacial score (nSPS) is 25.5. The van der Waals surface area contributed by atoms with Crippen molar-refractivity contribution < 1.29 is 18.5 Å². The fourth-order valence-corrected chi connectivity index (χ4v) is 6.40. The second-order valence-corrected chi connectivity index (χ2v) is 13.2. The number of amides is 1. The number of hydrogen-bond donors (Lipinski definition) is 0. The second kappa shape index (κ2) is 9.54. The van der Waals surface area contributed by atoms with E-state index in [1.54, 1.807) is 12.1 Å². The van der Waals surface area contributed by atoms with Gasteiger partial charge in [0.05, 0.1) is 34.3 Å². The van der Waals surface area contributed by atoms with Crippen LogP contribution in [0.2, 0.25) is 0 Å². The first-order valence-corrected chi connectivity index (χ1v) is 14.4. The van der Waals surface area contributed by atoms with Crippen molar-refractivity contribution in [2.75, 3.05) is 4.90 Å². The lowest BCUT2D eigenvalue weighted by atomic mass is 9.64. The molecule has 2 heterocycles. The Bertz CT molecular complexity index is 1490. The highest BCUT2D eigenvalue weighted by molar-refractivity contribution is 6.62. The molecule has 3 aromatic carbocycles. The summed E-state index contributed by atoms with van der Waals surface area (Å²) >= 11 is 0. The third kappa shape index (κ3) is 4.58. The van der Waals surface area contributed by atoms with Crippen molar-refractivity contribution in [2.24, 2.45) is 5.41 Å². The molecule has 3 aliphatic rings. The SMILES string of the molecule is CC1(C)OB(c2ccc([C@H]3N(c4ccc(C#N)cc4)C(=O)[C@]3(C)CCC3(c4ccc(F)cc4)CC3)cc2)OC1(C)C. The van der Waals surface area contributed by atoms with E-state index in [9.17, 15) is 14.4 Å². The van der Waals surface area contributed by atoms with Gasteiger partial charge >= 0.3 is 7.12 Å². The summed E-state index contributed by atoms with van der Waals surface area (Å²) in [6.07, 6.45) is 3.69. The highest BCUT2D eigenvalue weighted by Gasteiger charge is 2.60. The van der Waals surface area contributed by atoms with Gasteiger partial charge in [0, 0.05) is 5.69 Å². The number of nitriles is 1. The predicted octanol–water partition coefficient (Wildman–Crippen LogP) is 6.60. The molecule has 210 valence electrons. The summed E-state index contributed by atoms with van der Waals surface area (Å²) in [5.74, 6) is -0.148. The van der Waals surface area contributed by atoms with Gasteiger partial charge in [0.25, 0.3) is 0 Å². The van der Waals surface area contributed by atoms with Crippen LogP contribution in [-0.4, -0.2) is 24.2 Å². The molecule has 0 spiro atoms. The smallest absolute Gasteiger partial charge is 0.399 e. The topological polar surface area (TPSA) is 62.6 Å². The summed E-state index contributed by atoms with van der Waals surface area (Å²) in [6, 6.07) is 24.3. The summed E-state index contributed by atoms with van der Waals surface area (Å²) in [6.45, 7) is 10.2. The Labute approximate surface area is 242 Å². The Hall–Kier alpha value is -3.47. The zero-order chi connectivity index (χ0) is 29.2. The van der Waals surface area contributed by atoms with Crippen LogP contribution in [0.25, 0.3) is 0 Å². The van der Waals surface area contributed by atoms with E-state index in [0.29, 0.717) is 5.56 Å². The lowest BCUT2D eigenvalue weighted by Gasteiger charge is -2.55. The first kappa shape index (κ1) is 27.7. The second-order valence-electron chi connectivity index (χ2n) is 13.2. The molecule has 3 aromatic rings. The minimum absolute atomic E-state index is 0.0109. The van der Waals surface area contributed by atoms with E-state index in [-0.39, 0.29) is 23.2 Å². The van der Waals surface area contributed by atoms with Gasteiger partial charge in [-0.25, -0.2) is 4.39 Å². The lowest BCUT2D eigenvalue weighted by molar-refractivity contribution is -0.139. The molecule has 0 aromatic heterocycles. The minimum atomic E-state index is -0.602. The largest absolute Gasteiger partial charge is 0.494 e. The third-order valence-electron chi connectivity index (χ3n) is 10.1. The summed E-state index contributed by atoms with van der Waals surface area (Å²) in [4.78, 5) is 15.8. The van der Waals surface area contributed by atoms with Crippen LogP contribution >= 0.6 is 0 Å². The molecule has 2 aliphatic heterocycles. The number of hydrogen-bond acceptors (Lipinski definition) is 4. The van der Waals surface area contributed by atoms with Gasteiger partial charge in [-0.15, -0.1) is 0 Å². The highest BCUT2D eigenvalue weighted by atomic mass is 19.1. The zero-order valence-corrected chi connectivity index (χ0v) is 24.4. The van der Waals surface area contributed by atoms with Crippen molar-refractivity contribution in [3.05, 3.63) is 95.3 Å². The van der Waals surface area contributed by atoms with Crippen LogP contribution in [0.3, 0.4) is 0 Å². The molecule has 1 saturated carbocycles. The fraction of sp³-hybridized carbons (Fsp3) is 0.412. The summed E-state index contributed by atoms with van der Waals surface area (Å²) in [5.41, 5.74) is 3.04. The molecule has 2 atom stereocenters. The van der Waals surface area contributed by atoms with Crippen molar-refractivity contribution in [3.8, 4) is 6.07 Å². The van der Waals surface area contributed by atoms with E-state index in [1.807, 2.05) is 69.0 Å². The summed E-state index contributed by atoms with van der Waals surface area (Å²) in [5, 5.41) is 9.27. The number of halogens is 1. The van der Waals surface area contributed by atoms with Crippen molar-refractivity contribution in [3.63, 3.8) is 0 Å². The van der Waals surface area contributed by atoms with E-state index in [0.717, 1.165) is 48.0 Å². The van der Waals surface area contributed by atoms with Crippen molar-refractivity contribution >= 4 is 24.2 Å². The molecule has 5 nitrogen and oxygen atoms in total. The molecule has 41 heavy (non-hydrogen) atoms. The van der Waals surface area contributed by atoms with Gasteiger partial charge in [-0.1, -0.05) is 36.4 Å². The number of β-lactam (4-membered cyclic amide) rings is 1. The van der Waals surface area contributed by atoms with Crippen molar-refractivity contribution in [1.82, 2.24) is 0 Å². The first-order chi connectivity index (χ1) is 19.4. The van der Waals surface area contributed by atoms with Gasteiger partial charge in [-0.05, 0) is 119 Å². The molecule has 0 unspecified atom stereocenters. The lowest BCUT2D eigenvalue weighted by Crippen LogP contribution is -2.62. The number of carbonyl (C=O) groups is 1. The summed E-state index contributed by atoms with van der Waals surface area (Å²) < 4.78 is 26.1. The van der Waals surface area contributed by atoms with Crippen LogP contribution in [-0.2, 0) is 19.5 Å². The monoisotopic (exact) mass is 550 g/mol. The van der Waals surface area contributed by atoms with Crippen LogP contribution in [0.1, 0.15) is 83.0 Å². The molecule has 3 fully saturated rings. The Kier molecular flexibility index (Phi) is 6.44. The standard InChI is InChI=1S/C34H36BFN2O3/c1-31(2)32(3,4)41-35(40-31)26-12-8-24(9-13-26)29-33(5,30(39)38(29)28-16-6-23(22-37)7-17-28)18-19-34(20-21-34)25-10-14-27(36)15-11-25/h6-17,29H,18-21H2,1-5H3/t29-,33-/m1/s1. The Balaban J connectivity index is 1.29. The average molecular weight is 550 g/mol. The van der Waals surface area contributed by atoms with Crippen LogP contribution < -0.4 is 10.4 Å². The van der Waals surface area contributed by atoms with E-state index in [4.69, 9.17) is 9.31 Å². The van der Waals surface area contributed by atoms with Crippen molar-refractivity contribution in [2.45, 2.75) is 83.0 Å². The van der Waals surface area contributed by atoms with Crippen molar-refractivity contribution in [1.29, 1.82) is 5.26 Å². The molecule has 1 aliphatic carbocycles. The number of rotatable bonds is 7. The fourth-order valence-electron chi connectivity index (χ4n) is 6.40. The van der Waals surface area contributed by atoms with Gasteiger partial charge in [0.1, 0.15) is 5.82 Å². The molecule has 2 saturated heterocycles.